The highest BCUT2D eigenvalue weighted by Crippen LogP contribution is 1.93. The van der Waals surface area contributed by atoms with Crippen molar-refractivity contribution < 1.29 is 9.90 Å². The van der Waals surface area contributed by atoms with Gasteiger partial charge in [0.05, 0.1) is 6.20 Å². The number of aromatic nitrogens is 3. The number of aryl methyl sites for hydroxylation is 1. The lowest BCUT2D eigenvalue weighted by Crippen LogP contribution is -2.18. The molecule has 90 valence electrons. The van der Waals surface area contributed by atoms with Crippen molar-refractivity contribution in [2.75, 3.05) is 13.1 Å². The zero-order valence-corrected chi connectivity index (χ0v) is 9.30. The van der Waals surface area contributed by atoms with Gasteiger partial charge in [-0.25, -0.2) is 0 Å². The van der Waals surface area contributed by atoms with Crippen molar-refractivity contribution >= 4 is 5.97 Å². The van der Waals surface area contributed by atoms with Crippen molar-refractivity contribution in [3.05, 3.63) is 12.4 Å². The summed E-state index contributed by atoms with van der Waals surface area (Å²) < 4.78 is 1.80. The molecule has 0 aliphatic heterocycles. The Morgan fingerprint density at radius 3 is 2.81 bits per heavy atom. The largest absolute Gasteiger partial charge is 0.481 e. The Kier molecular flexibility index (Phi) is 6.17. The fourth-order valence-electron chi connectivity index (χ4n) is 1.37. The van der Waals surface area contributed by atoms with Crippen LogP contribution in [0.5, 0.6) is 0 Å². The van der Waals surface area contributed by atoms with Gasteiger partial charge in [-0.2, -0.15) is 0 Å². The van der Waals surface area contributed by atoms with E-state index in [-0.39, 0.29) is 6.42 Å². The van der Waals surface area contributed by atoms with Crippen LogP contribution < -0.4 is 5.32 Å². The molecular weight excluding hydrogens is 208 g/mol. The van der Waals surface area contributed by atoms with Crippen molar-refractivity contribution in [2.45, 2.75) is 32.2 Å². The van der Waals surface area contributed by atoms with E-state index in [2.05, 4.69) is 15.6 Å². The average Bonchev–Trinajstić information content (AvgIpc) is 2.74. The third-order valence-electron chi connectivity index (χ3n) is 2.21. The summed E-state index contributed by atoms with van der Waals surface area (Å²) in [6.07, 6.45) is 6.43. The number of hydrogen-bond acceptors (Lipinski definition) is 4. The molecular formula is C10H18N4O2. The fourth-order valence-corrected chi connectivity index (χ4v) is 1.37. The van der Waals surface area contributed by atoms with Gasteiger partial charge < -0.3 is 10.4 Å². The second-order valence-electron chi connectivity index (χ2n) is 3.62. The van der Waals surface area contributed by atoms with Crippen LogP contribution in [0.4, 0.5) is 0 Å². The SMILES string of the molecule is O=C(O)CCCCNCCCn1ccnn1. The number of nitrogens with one attached hydrogen (secondary N) is 1. The zero-order valence-electron chi connectivity index (χ0n) is 9.30. The number of rotatable bonds is 9. The van der Waals surface area contributed by atoms with E-state index < -0.39 is 5.97 Å². The van der Waals surface area contributed by atoms with E-state index in [4.69, 9.17) is 5.11 Å². The summed E-state index contributed by atoms with van der Waals surface area (Å²) in [4.78, 5) is 10.2. The van der Waals surface area contributed by atoms with E-state index in [1.165, 1.54) is 0 Å². The highest BCUT2D eigenvalue weighted by molar-refractivity contribution is 5.66. The van der Waals surface area contributed by atoms with Gasteiger partial charge in [-0.05, 0) is 32.4 Å². The molecule has 1 aromatic heterocycles. The minimum atomic E-state index is -0.716. The van der Waals surface area contributed by atoms with Gasteiger partial charge in [0.1, 0.15) is 0 Å². The van der Waals surface area contributed by atoms with Crippen LogP contribution in [0.2, 0.25) is 0 Å². The minimum absolute atomic E-state index is 0.265. The van der Waals surface area contributed by atoms with Gasteiger partial charge in [-0.3, -0.25) is 9.48 Å². The van der Waals surface area contributed by atoms with Crippen molar-refractivity contribution in [1.82, 2.24) is 20.3 Å². The summed E-state index contributed by atoms with van der Waals surface area (Å²) in [5.74, 6) is -0.716. The van der Waals surface area contributed by atoms with Crippen molar-refractivity contribution in [3.8, 4) is 0 Å². The summed E-state index contributed by atoms with van der Waals surface area (Å²) >= 11 is 0. The fraction of sp³-hybridized carbons (Fsp3) is 0.700. The molecule has 2 N–H and O–H groups in total. The molecule has 0 amide bonds. The lowest BCUT2D eigenvalue weighted by Gasteiger charge is -2.03. The van der Waals surface area contributed by atoms with Crippen LogP contribution >= 0.6 is 0 Å². The molecule has 1 rings (SSSR count). The molecule has 0 fully saturated rings. The molecule has 6 nitrogen and oxygen atoms in total. The highest BCUT2D eigenvalue weighted by atomic mass is 16.4. The summed E-state index contributed by atoms with van der Waals surface area (Å²) in [6, 6.07) is 0. The van der Waals surface area contributed by atoms with E-state index in [0.717, 1.165) is 38.9 Å². The first-order valence-electron chi connectivity index (χ1n) is 5.55. The molecule has 1 heterocycles. The summed E-state index contributed by atoms with van der Waals surface area (Å²) in [7, 11) is 0. The number of nitrogens with zero attached hydrogens (tertiary/aromatic N) is 3. The topological polar surface area (TPSA) is 80.0 Å². The van der Waals surface area contributed by atoms with E-state index in [9.17, 15) is 4.79 Å². The standard InChI is InChI=1S/C10H18N4O2/c15-10(16)4-1-2-5-11-6-3-8-14-9-7-12-13-14/h7,9,11H,1-6,8H2,(H,15,16). The monoisotopic (exact) mass is 226 g/mol. The van der Waals surface area contributed by atoms with Crippen LogP contribution in [0.25, 0.3) is 0 Å². The van der Waals surface area contributed by atoms with Crippen LogP contribution in [0, 0.1) is 0 Å². The molecule has 0 bridgehead atoms. The molecule has 0 unspecified atom stereocenters. The molecule has 0 saturated carbocycles. The second-order valence-corrected chi connectivity index (χ2v) is 3.62. The number of carboxylic acids is 1. The predicted octanol–water partition coefficient (Wildman–Crippen LogP) is 0.513. The Hall–Kier alpha value is -1.43. The van der Waals surface area contributed by atoms with Gasteiger partial charge in [0.15, 0.2) is 0 Å². The van der Waals surface area contributed by atoms with Crippen molar-refractivity contribution in [3.63, 3.8) is 0 Å². The first-order chi connectivity index (χ1) is 7.79. The Labute approximate surface area is 94.7 Å². The summed E-state index contributed by atoms with van der Waals surface area (Å²) in [5.41, 5.74) is 0. The number of unbranched alkanes of at least 4 members (excludes halogenated alkanes) is 1. The molecule has 6 heteroatoms. The highest BCUT2D eigenvalue weighted by Gasteiger charge is 1.96. The van der Waals surface area contributed by atoms with E-state index in [1.807, 2.05) is 6.20 Å². The lowest BCUT2D eigenvalue weighted by atomic mass is 10.2. The van der Waals surface area contributed by atoms with Gasteiger partial charge in [0, 0.05) is 19.2 Å². The lowest BCUT2D eigenvalue weighted by molar-refractivity contribution is -0.137. The van der Waals surface area contributed by atoms with Gasteiger partial charge in [-0.15, -0.1) is 5.10 Å². The normalized spacial score (nSPS) is 10.5. The van der Waals surface area contributed by atoms with Gasteiger partial charge >= 0.3 is 5.97 Å². The maximum Gasteiger partial charge on any atom is 0.303 e. The number of aliphatic carboxylic acids is 1. The molecule has 0 radical (unpaired) electrons. The first-order valence-corrected chi connectivity index (χ1v) is 5.55. The third kappa shape index (κ3) is 6.13. The maximum atomic E-state index is 10.2. The average molecular weight is 226 g/mol. The summed E-state index contributed by atoms with van der Waals surface area (Å²) in [6.45, 7) is 2.67. The van der Waals surface area contributed by atoms with Crippen molar-refractivity contribution in [2.24, 2.45) is 0 Å². The van der Waals surface area contributed by atoms with Gasteiger partial charge in [0.25, 0.3) is 0 Å². The number of carbonyl (C=O) groups is 1. The maximum absolute atomic E-state index is 10.2. The van der Waals surface area contributed by atoms with Crippen LogP contribution in [0.15, 0.2) is 12.4 Å². The van der Waals surface area contributed by atoms with Crippen LogP contribution in [-0.4, -0.2) is 39.2 Å². The Morgan fingerprint density at radius 1 is 1.31 bits per heavy atom. The number of hydrogen-bond donors (Lipinski definition) is 2. The van der Waals surface area contributed by atoms with E-state index >= 15 is 0 Å². The molecule has 0 saturated heterocycles. The van der Waals surface area contributed by atoms with Gasteiger partial charge in [-0.1, -0.05) is 5.21 Å². The Bertz CT molecular complexity index is 287. The van der Waals surface area contributed by atoms with Crippen LogP contribution in [0.1, 0.15) is 25.7 Å². The van der Waals surface area contributed by atoms with E-state index in [1.54, 1.807) is 10.9 Å². The van der Waals surface area contributed by atoms with Crippen LogP contribution in [0.3, 0.4) is 0 Å². The molecule has 1 aromatic rings. The van der Waals surface area contributed by atoms with Gasteiger partial charge in [0.2, 0.25) is 0 Å². The molecule has 16 heavy (non-hydrogen) atoms. The van der Waals surface area contributed by atoms with E-state index in [0.29, 0.717) is 0 Å². The minimum Gasteiger partial charge on any atom is -0.481 e. The molecule has 0 aromatic carbocycles. The quantitative estimate of drug-likeness (QED) is 0.600. The first kappa shape index (κ1) is 12.6. The number of carboxylic acid groups (broad SMARTS) is 1. The van der Waals surface area contributed by atoms with Crippen molar-refractivity contribution in [1.29, 1.82) is 0 Å². The molecule has 0 aliphatic carbocycles. The zero-order chi connectivity index (χ0) is 11.6. The predicted molar refractivity (Wildman–Crippen MR) is 59.0 cm³/mol. The smallest absolute Gasteiger partial charge is 0.303 e. The molecule has 0 atom stereocenters. The second kappa shape index (κ2) is 7.81. The molecule has 0 aliphatic rings. The summed E-state index contributed by atoms with van der Waals surface area (Å²) in [5, 5.41) is 19.3. The Morgan fingerprint density at radius 2 is 2.12 bits per heavy atom. The van der Waals surface area contributed by atoms with Crippen LogP contribution in [-0.2, 0) is 11.3 Å². The third-order valence-corrected chi connectivity index (χ3v) is 2.21. The Balaban J connectivity index is 1.83. The molecule has 0 spiro atoms.